The van der Waals surface area contributed by atoms with E-state index >= 15 is 0 Å². The van der Waals surface area contributed by atoms with Crippen LogP contribution in [-0.2, 0) is 14.3 Å². The van der Waals surface area contributed by atoms with Crippen molar-refractivity contribution in [2.45, 2.75) is 13.0 Å². The normalized spacial score (nSPS) is 13.7. The van der Waals surface area contributed by atoms with Crippen molar-refractivity contribution in [1.82, 2.24) is 4.57 Å². The van der Waals surface area contributed by atoms with Gasteiger partial charge in [0.25, 0.3) is 11.5 Å². The van der Waals surface area contributed by atoms with E-state index in [-0.39, 0.29) is 36.2 Å². The molecule has 1 atom stereocenters. The van der Waals surface area contributed by atoms with Crippen LogP contribution in [0.25, 0.3) is 11.8 Å². The Morgan fingerprint density at radius 2 is 1.46 bits per heavy atom. The van der Waals surface area contributed by atoms with Crippen molar-refractivity contribution in [2.24, 2.45) is 4.99 Å². The zero-order chi connectivity index (χ0) is 39.2. The van der Waals surface area contributed by atoms with Crippen molar-refractivity contribution in [3.05, 3.63) is 169 Å². The van der Waals surface area contributed by atoms with Gasteiger partial charge in [0.2, 0.25) is 0 Å². The summed E-state index contributed by atoms with van der Waals surface area (Å²) in [4.78, 5) is 48.7. The number of anilines is 2. The molecule has 0 saturated heterocycles. The molecule has 0 aliphatic carbocycles. The van der Waals surface area contributed by atoms with Gasteiger partial charge < -0.3 is 24.1 Å². The third kappa shape index (κ3) is 7.55. The minimum absolute atomic E-state index is 0.0935. The molecule has 7 rings (SSSR count). The minimum atomic E-state index is -0.966. The van der Waals surface area contributed by atoms with Crippen molar-refractivity contribution in [3.8, 4) is 23.0 Å². The maximum Gasteiger partial charge on any atom is 0.338 e. The van der Waals surface area contributed by atoms with Gasteiger partial charge in [0.05, 0.1) is 42.7 Å². The van der Waals surface area contributed by atoms with Gasteiger partial charge in [-0.1, -0.05) is 90.2 Å². The predicted octanol–water partition coefficient (Wildman–Crippen LogP) is 6.40. The quantitative estimate of drug-likeness (QED) is 0.142. The first kappa shape index (κ1) is 37.4. The highest BCUT2D eigenvalue weighted by atomic mass is 32.1. The van der Waals surface area contributed by atoms with Gasteiger partial charge in [0.15, 0.2) is 34.4 Å². The molecule has 0 fully saturated rings. The lowest BCUT2D eigenvalue weighted by atomic mass is 9.93. The fourth-order valence-electron chi connectivity index (χ4n) is 6.46. The maximum absolute atomic E-state index is 14.4. The van der Waals surface area contributed by atoms with Crippen molar-refractivity contribution in [2.75, 3.05) is 32.3 Å². The largest absolute Gasteiger partial charge is 0.504 e. The molecular weight excluding hydrogens is 731 g/mol. The van der Waals surface area contributed by atoms with Crippen LogP contribution in [0.1, 0.15) is 29.7 Å². The first-order valence-corrected chi connectivity index (χ1v) is 18.5. The maximum atomic E-state index is 14.4. The average molecular weight is 768 g/mol. The highest BCUT2D eigenvalue weighted by Crippen LogP contribution is 2.38. The summed E-state index contributed by atoms with van der Waals surface area (Å²) in [7, 11) is 2.92. The average Bonchev–Trinajstić information content (AvgIpc) is 3.54. The number of fused-ring (bicyclic) bond motifs is 1. The van der Waals surface area contributed by atoms with Crippen LogP contribution in [0.4, 0.5) is 11.4 Å². The summed E-state index contributed by atoms with van der Waals surface area (Å²) in [5.41, 5.74) is 3.34. The molecule has 1 unspecified atom stereocenters. The van der Waals surface area contributed by atoms with Gasteiger partial charge in [-0.3, -0.25) is 19.1 Å². The number of methoxy groups -OCH3 is 2. The Morgan fingerprint density at radius 3 is 2.09 bits per heavy atom. The van der Waals surface area contributed by atoms with E-state index in [1.165, 1.54) is 24.9 Å². The predicted molar refractivity (Wildman–Crippen MR) is 214 cm³/mol. The second-order valence-corrected chi connectivity index (χ2v) is 13.5. The number of carbonyl (C=O) groups is 2. The summed E-state index contributed by atoms with van der Waals surface area (Å²) >= 11 is 1.16. The van der Waals surface area contributed by atoms with Gasteiger partial charge in [0, 0.05) is 16.9 Å². The Labute approximate surface area is 326 Å². The number of amides is 1. The van der Waals surface area contributed by atoms with Crippen LogP contribution >= 0.6 is 11.3 Å². The summed E-state index contributed by atoms with van der Waals surface area (Å²) in [6.45, 7) is 1.54. The molecule has 1 aliphatic heterocycles. The number of rotatable bonds is 12. The fourth-order valence-corrected chi connectivity index (χ4v) is 7.46. The van der Waals surface area contributed by atoms with Crippen LogP contribution in [0.15, 0.2) is 143 Å². The zero-order valence-corrected chi connectivity index (χ0v) is 31.6. The number of phenolic OH excluding ortho intramolecular Hbond substituents is 1. The van der Waals surface area contributed by atoms with Crippen molar-refractivity contribution in [1.29, 1.82) is 0 Å². The Kier molecular flexibility index (Phi) is 11.1. The van der Waals surface area contributed by atoms with Crippen molar-refractivity contribution < 1.29 is 33.6 Å². The number of phenols is 1. The van der Waals surface area contributed by atoms with Gasteiger partial charge >= 0.3 is 5.97 Å². The molecule has 282 valence electrons. The molecule has 12 heteroatoms. The monoisotopic (exact) mass is 767 g/mol. The molecule has 1 aromatic heterocycles. The lowest BCUT2D eigenvalue weighted by molar-refractivity contribution is -0.138. The van der Waals surface area contributed by atoms with E-state index in [9.17, 15) is 19.5 Å². The number of ether oxygens (including phenoxy) is 4. The van der Waals surface area contributed by atoms with E-state index in [2.05, 4.69) is 0 Å². The molecule has 56 heavy (non-hydrogen) atoms. The number of carbonyl (C=O) groups excluding carboxylic acids is 2. The summed E-state index contributed by atoms with van der Waals surface area (Å²) in [5, 5.41) is 10.4. The second-order valence-electron chi connectivity index (χ2n) is 12.5. The van der Waals surface area contributed by atoms with Crippen molar-refractivity contribution in [3.63, 3.8) is 0 Å². The number of esters is 1. The minimum Gasteiger partial charge on any atom is -0.504 e. The van der Waals surface area contributed by atoms with Crippen LogP contribution < -0.4 is 34.0 Å². The molecule has 0 bridgehead atoms. The molecule has 1 aliphatic rings. The second kappa shape index (κ2) is 16.6. The van der Waals surface area contributed by atoms with Gasteiger partial charge in [-0.25, -0.2) is 9.79 Å². The number of para-hydroxylation sites is 2. The first-order chi connectivity index (χ1) is 27.3. The molecule has 5 aromatic carbocycles. The van der Waals surface area contributed by atoms with E-state index < -0.39 is 17.6 Å². The summed E-state index contributed by atoms with van der Waals surface area (Å²) < 4.78 is 24.4. The fraction of sp³-hybridized carbons (Fsp3) is 0.136. The van der Waals surface area contributed by atoms with E-state index in [0.29, 0.717) is 54.6 Å². The smallest absolute Gasteiger partial charge is 0.338 e. The van der Waals surface area contributed by atoms with Gasteiger partial charge in [-0.2, -0.15) is 0 Å². The third-order valence-electron chi connectivity index (χ3n) is 9.01. The number of aromatic hydroxyl groups is 1. The number of benzene rings is 5. The Hall–Kier alpha value is -6.92. The van der Waals surface area contributed by atoms with Gasteiger partial charge in [-0.15, -0.1) is 0 Å². The Morgan fingerprint density at radius 1 is 0.821 bits per heavy atom. The molecule has 11 nitrogen and oxygen atoms in total. The molecule has 0 saturated carbocycles. The third-order valence-corrected chi connectivity index (χ3v) is 9.99. The molecule has 6 aromatic rings. The van der Waals surface area contributed by atoms with Crippen LogP contribution in [-0.4, -0.2) is 49.0 Å². The van der Waals surface area contributed by atoms with E-state index in [4.69, 9.17) is 23.9 Å². The lowest BCUT2D eigenvalue weighted by Crippen LogP contribution is -2.40. The SMILES string of the molecule is CCOC(=O)C1=C(c2ccccc2)N=c2sc(=Cc3ccc(OCC(=O)N(c4ccccc4)c4ccccc4)c(OC)c3)c(=O)n2C1c1ccc(O)c(OC)c1. The molecule has 0 radical (unpaired) electrons. The topological polar surface area (TPSA) is 129 Å². The number of hydrogen-bond acceptors (Lipinski definition) is 10. The van der Waals surface area contributed by atoms with E-state index in [1.54, 1.807) is 48.2 Å². The summed E-state index contributed by atoms with van der Waals surface area (Å²) in [5.74, 6) is -0.133. The highest BCUT2D eigenvalue weighted by Gasteiger charge is 2.35. The Bertz CT molecular complexity index is 2560. The number of aromatic nitrogens is 1. The van der Waals surface area contributed by atoms with E-state index in [0.717, 1.165) is 11.3 Å². The number of nitrogens with zero attached hydrogens (tertiary/aromatic N) is 3. The molecule has 1 N–H and O–H groups in total. The number of thiazole rings is 1. The summed E-state index contributed by atoms with van der Waals surface area (Å²) in [6.07, 6.45) is 1.71. The molecular formula is C44H37N3O8S. The van der Waals surface area contributed by atoms with E-state index in [1.807, 2.05) is 91.0 Å². The molecule has 1 amide bonds. The Balaban J connectivity index is 1.27. The zero-order valence-electron chi connectivity index (χ0n) is 30.7. The number of hydrogen-bond donors (Lipinski definition) is 1. The lowest BCUT2D eigenvalue weighted by Gasteiger charge is -2.26. The van der Waals surface area contributed by atoms with Gasteiger partial charge in [0.1, 0.15) is 0 Å². The summed E-state index contributed by atoms with van der Waals surface area (Å²) in [6, 6.07) is 36.8. The van der Waals surface area contributed by atoms with Crippen LogP contribution in [0.2, 0.25) is 0 Å². The first-order valence-electron chi connectivity index (χ1n) is 17.7. The van der Waals surface area contributed by atoms with Crippen LogP contribution in [0, 0.1) is 0 Å². The van der Waals surface area contributed by atoms with Gasteiger partial charge in [-0.05, 0) is 72.7 Å². The molecule has 0 spiro atoms. The standard InChI is InChI=1S/C44H37N3O8S/c1-4-54-43(51)39-40(29-14-8-5-9-15-29)45-44-47(41(39)30-21-22-33(48)35(26-30)52-2)42(50)37(56-44)25-28-20-23-34(36(24-28)53-3)55-27-38(49)46(31-16-10-6-11-17-31)32-18-12-7-13-19-32/h5-26,41,48H,4,27H2,1-3H3. The van der Waals surface area contributed by atoms with Crippen LogP contribution in [0.5, 0.6) is 23.0 Å². The molecule has 2 heterocycles. The van der Waals surface area contributed by atoms with Crippen molar-refractivity contribution >= 4 is 46.4 Å². The van der Waals surface area contributed by atoms with Crippen LogP contribution in [0.3, 0.4) is 0 Å². The highest BCUT2D eigenvalue weighted by molar-refractivity contribution is 7.07.